The van der Waals surface area contributed by atoms with E-state index >= 15 is 0 Å². The lowest BCUT2D eigenvalue weighted by atomic mass is 9.67. The summed E-state index contributed by atoms with van der Waals surface area (Å²) < 4.78 is 11.9. The first-order valence-corrected chi connectivity index (χ1v) is 8.88. The molecule has 1 aliphatic carbocycles. The van der Waals surface area contributed by atoms with Crippen molar-refractivity contribution in [1.82, 2.24) is 0 Å². The quantitative estimate of drug-likeness (QED) is 0.275. The third-order valence-corrected chi connectivity index (χ3v) is 5.11. The third-order valence-electron chi connectivity index (χ3n) is 5.11. The fraction of sp³-hybridized carbons (Fsp3) is 0.750. The summed E-state index contributed by atoms with van der Waals surface area (Å²) in [5, 5.41) is 18.5. The second-order valence-corrected chi connectivity index (χ2v) is 7.46. The number of allylic oxidation sites excluding steroid dienone is 3. The fourth-order valence-corrected chi connectivity index (χ4v) is 3.62. The zero-order valence-electron chi connectivity index (χ0n) is 15.8. The zero-order valence-corrected chi connectivity index (χ0v) is 15.8. The fourth-order valence-electron chi connectivity index (χ4n) is 3.62. The molecule has 0 fully saturated rings. The first-order valence-electron chi connectivity index (χ1n) is 8.88. The van der Waals surface area contributed by atoms with Gasteiger partial charge >= 0.3 is 0 Å². The van der Waals surface area contributed by atoms with Crippen molar-refractivity contribution in [3.8, 4) is 6.07 Å². The van der Waals surface area contributed by atoms with Crippen molar-refractivity contribution in [2.45, 2.75) is 72.2 Å². The minimum atomic E-state index is -0.375. The summed E-state index contributed by atoms with van der Waals surface area (Å²) >= 11 is 0. The Morgan fingerprint density at radius 3 is 2.75 bits per heavy atom. The molecule has 0 heterocycles. The molecule has 0 amide bonds. The number of rotatable bonds is 9. The predicted molar refractivity (Wildman–Crippen MR) is 96.3 cm³/mol. The second-order valence-electron chi connectivity index (χ2n) is 7.46. The minimum absolute atomic E-state index is 0.0355. The van der Waals surface area contributed by atoms with Gasteiger partial charge in [0.25, 0.3) is 0 Å². The number of hydrogen-bond donors (Lipinski definition) is 1. The van der Waals surface area contributed by atoms with E-state index in [0.29, 0.717) is 18.9 Å². The zero-order chi connectivity index (χ0) is 18.3. The maximum atomic E-state index is 9.89. The molecule has 4 atom stereocenters. The van der Waals surface area contributed by atoms with Gasteiger partial charge in [-0.1, -0.05) is 25.2 Å². The van der Waals surface area contributed by atoms with Crippen LogP contribution in [0.15, 0.2) is 24.0 Å². The lowest BCUT2D eigenvalue weighted by molar-refractivity contribution is -0.215. The van der Waals surface area contributed by atoms with Gasteiger partial charge in [-0.25, -0.2) is 0 Å². The van der Waals surface area contributed by atoms with Crippen LogP contribution in [0.3, 0.4) is 0 Å². The van der Waals surface area contributed by atoms with Gasteiger partial charge in [0.15, 0.2) is 6.29 Å². The predicted octanol–water partition coefficient (Wildman–Crippen LogP) is 5.13. The first kappa shape index (κ1) is 20.7. The standard InChI is InChI=1S/C20H33NO3/c1-14-9-10-19(18(13-14)15(2)16(3)22)20(5,6)24-17(4)23-12-8-7-11-21/h9,15,17-19,22H,3,7-8,10,12-13H2,1-2,4-6H3/t15?,17?,18-,19+/m0/s1. The van der Waals surface area contributed by atoms with Gasteiger partial charge < -0.3 is 14.6 Å². The smallest absolute Gasteiger partial charge is 0.155 e. The molecule has 0 aliphatic heterocycles. The maximum absolute atomic E-state index is 9.89. The normalized spacial score (nSPS) is 23.9. The van der Waals surface area contributed by atoms with Gasteiger partial charge in [-0.2, -0.15) is 5.26 Å². The lowest BCUT2D eigenvalue weighted by Gasteiger charge is -2.44. The van der Waals surface area contributed by atoms with E-state index in [1.807, 2.05) is 13.8 Å². The number of unbranched alkanes of at least 4 members (excludes halogenated alkanes) is 1. The van der Waals surface area contributed by atoms with E-state index in [1.54, 1.807) is 0 Å². The number of hydrogen-bond acceptors (Lipinski definition) is 4. The van der Waals surface area contributed by atoms with E-state index < -0.39 is 0 Å². The van der Waals surface area contributed by atoms with E-state index in [9.17, 15) is 5.11 Å². The average Bonchev–Trinajstić information content (AvgIpc) is 2.49. The molecular formula is C20H33NO3. The highest BCUT2D eigenvalue weighted by atomic mass is 16.7. The average molecular weight is 335 g/mol. The molecule has 0 saturated heterocycles. The highest BCUT2D eigenvalue weighted by Gasteiger charge is 2.41. The summed E-state index contributed by atoms with van der Waals surface area (Å²) in [4.78, 5) is 0. The van der Waals surface area contributed by atoms with Crippen LogP contribution in [-0.2, 0) is 9.47 Å². The topological polar surface area (TPSA) is 62.5 Å². The number of aliphatic hydroxyl groups excluding tert-OH is 1. The minimum Gasteiger partial charge on any atom is -0.513 e. The molecule has 1 rings (SSSR count). The summed E-state index contributed by atoms with van der Waals surface area (Å²) in [5.41, 5.74) is 0.987. The van der Waals surface area contributed by atoms with Gasteiger partial charge in [0.05, 0.1) is 24.0 Å². The summed E-state index contributed by atoms with van der Waals surface area (Å²) in [6.45, 7) is 14.5. The Morgan fingerprint density at radius 1 is 1.50 bits per heavy atom. The molecule has 0 aromatic rings. The molecule has 1 aliphatic rings. The number of nitriles is 1. The van der Waals surface area contributed by atoms with Gasteiger partial charge in [-0.15, -0.1) is 0 Å². The maximum Gasteiger partial charge on any atom is 0.155 e. The van der Waals surface area contributed by atoms with Crippen LogP contribution in [0, 0.1) is 29.1 Å². The van der Waals surface area contributed by atoms with Crippen molar-refractivity contribution in [3.63, 3.8) is 0 Å². The van der Waals surface area contributed by atoms with Crippen LogP contribution in [0.1, 0.15) is 60.3 Å². The molecule has 1 N–H and O–H groups in total. The molecule has 0 saturated carbocycles. The van der Waals surface area contributed by atoms with Crippen molar-refractivity contribution in [2.75, 3.05) is 6.61 Å². The van der Waals surface area contributed by atoms with Gasteiger partial charge in [0.2, 0.25) is 0 Å². The molecule has 4 nitrogen and oxygen atoms in total. The Kier molecular flexibility index (Phi) is 7.99. The second kappa shape index (κ2) is 9.25. The summed E-state index contributed by atoms with van der Waals surface area (Å²) in [6, 6.07) is 2.12. The first-order chi connectivity index (χ1) is 11.2. The Labute approximate surface area is 147 Å². The molecule has 0 aromatic carbocycles. The van der Waals surface area contributed by atoms with Crippen molar-refractivity contribution < 1.29 is 14.6 Å². The van der Waals surface area contributed by atoms with E-state index in [0.717, 1.165) is 19.3 Å². The third kappa shape index (κ3) is 5.96. The number of aliphatic hydroxyl groups is 1. The van der Waals surface area contributed by atoms with E-state index in [4.69, 9.17) is 14.7 Å². The van der Waals surface area contributed by atoms with E-state index in [1.165, 1.54) is 5.57 Å². The van der Waals surface area contributed by atoms with E-state index in [2.05, 4.69) is 39.5 Å². The van der Waals surface area contributed by atoms with Gasteiger partial charge in [-0.3, -0.25) is 0 Å². The van der Waals surface area contributed by atoms with Crippen LogP contribution in [0.4, 0.5) is 0 Å². The molecule has 0 radical (unpaired) electrons. The summed E-state index contributed by atoms with van der Waals surface area (Å²) in [7, 11) is 0. The van der Waals surface area contributed by atoms with Crippen molar-refractivity contribution >= 4 is 0 Å². The molecule has 2 unspecified atom stereocenters. The van der Waals surface area contributed by atoms with Crippen LogP contribution in [0.25, 0.3) is 0 Å². The number of nitrogens with zero attached hydrogens (tertiary/aromatic N) is 1. The summed E-state index contributed by atoms with van der Waals surface area (Å²) in [6.07, 6.45) is 5.06. The molecular weight excluding hydrogens is 302 g/mol. The largest absolute Gasteiger partial charge is 0.513 e. The highest BCUT2D eigenvalue weighted by Crippen LogP contribution is 2.44. The molecule has 0 spiro atoms. The Morgan fingerprint density at radius 2 is 2.17 bits per heavy atom. The van der Waals surface area contributed by atoms with Crippen LogP contribution in [-0.4, -0.2) is 23.6 Å². The van der Waals surface area contributed by atoms with Crippen LogP contribution < -0.4 is 0 Å². The Balaban J connectivity index is 2.74. The van der Waals surface area contributed by atoms with Crippen LogP contribution in [0.5, 0.6) is 0 Å². The van der Waals surface area contributed by atoms with Gasteiger partial charge in [0, 0.05) is 12.3 Å². The Hall–Kier alpha value is -1.31. The highest BCUT2D eigenvalue weighted by molar-refractivity contribution is 5.11. The SMILES string of the molecule is C=C(O)C(C)[C@@H]1CC(C)=CC[C@H]1C(C)(C)OC(C)OCCCC#N. The summed E-state index contributed by atoms with van der Waals surface area (Å²) in [5.74, 6) is 0.864. The van der Waals surface area contributed by atoms with Crippen molar-refractivity contribution in [3.05, 3.63) is 24.0 Å². The molecule has 24 heavy (non-hydrogen) atoms. The Bertz CT molecular complexity index is 490. The van der Waals surface area contributed by atoms with Gasteiger partial charge in [-0.05, 0) is 58.8 Å². The van der Waals surface area contributed by atoms with Crippen molar-refractivity contribution in [2.24, 2.45) is 17.8 Å². The molecule has 4 heteroatoms. The monoisotopic (exact) mass is 335 g/mol. The molecule has 0 aromatic heterocycles. The number of ether oxygens (including phenoxy) is 2. The van der Waals surface area contributed by atoms with Crippen LogP contribution >= 0.6 is 0 Å². The molecule has 0 bridgehead atoms. The lowest BCUT2D eigenvalue weighted by Crippen LogP contribution is -2.44. The molecule has 136 valence electrons. The van der Waals surface area contributed by atoms with Crippen molar-refractivity contribution in [1.29, 1.82) is 5.26 Å². The van der Waals surface area contributed by atoms with Gasteiger partial charge in [0.1, 0.15) is 0 Å². The van der Waals surface area contributed by atoms with Crippen LogP contribution in [0.2, 0.25) is 0 Å². The van der Waals surface area contributed by atoms with E-state index in [-0.39, 0.29) is 29.5 Å².